The van der Waals surface area contributed by atoms with Crippen LogP contribution in [-0.4, -0.2) is 11.1 Å². The Morgan fingerprint density at radius 3 is 2.59 bits per heavy atom. The molecule has 2 aromatic rings. The van der Waals surface area contributed by atoms with E-state index in [0.29, 0.717) is 5.56 Å². The Hall–Kier alpha value is -1.01. The van der Waals surface area contributed by atoms with Gasteiger partial charge in [-0.1, -0.05) is 30.0 Å². The first-order chi connectivity index (χ1) is 8.16. The maximum absolute atomic E-state index is 11.1. The summed E-state index contributed by atoms with van der Waals surface area (Å²) >= 11 is 3.71. The molecule has 0 saturated carbocycles. The molecule has 86 valence electrons. The summed E-state index contributed by atoms with van der Waals surface area (Å²) in [5.41, 5.74) is 0.344. The number of carbonyl (C=O) groups is 1. The quantitative estimate of drug-likeness (QED) is 0.840. The van der Waals surface area contributed by atoms with Crippen LogP contribution in [0.2, 0.25) is 0 Å². The largest absolute Gasteiger partial charge is 0.478 e. The zero-order chi connectivity index (χ0) is 12.3. The number of hydrogen-bond acceptors (Lipinski definition) is 2. The minimum Gasteiger partial charge on any atom is -0.478 e. The highest BCUT2D eigenvalue weighted by molar-refractivity contribution is 14.1. The van der Waals surface area contributed by atoms with Gasteiger partial charge in [-0.3, -0.25) is 0 Å². The summed E-state index contributed by atoms with van der Waals surface area (Å²) in [7, 11) is 0. The molecule has 0 fully saturated rings. The first-order valence-corrected chi connectivity index (χ1v) is 6.82. The van der Waals surface area contributed by atoms with E-state index < -0.39 is 5.97 Å². The first kappa shape index (κ1) is 12.4. The molecule has 1 N–H and O–H groups in total. The van der Waals surface area contributed by atoms with Crippen molar-refractivity contribution in [1.29, 1.82) is 0 Å². The molecule has 0 spiro atoms. The van der Waals surface area contributed by atoms with Gasteiger partial charge in [0.15, 0.2) is 0 Å². The van der Waals surface area contributed by atoms with Crippen molar-refractivity contribution in [3.63, 3.8) is 0 Å². The van der Waals surface area contributed by atoms with E-state index in [0.717, 1.165) is 13.4 Å². The Kier molecular flexibility index (Phi) is 4.06. The molecule has 0 radical (unpaired) electrons. The highest BCUT2D eigenvalue weighted by Gasteiger charge is 2.09. The topological polar surface area (TPSA) is 37.3 Å². The average Bonchev–Trinajstić information content (AvgIpc) is 2.29. The summed E-state index contributed by atoms with van der Waals surface area (Å²) in [5, 5.41) is 9.08. The molecule has 17 heavy (non-hydrogen) atoms. The molecule has 4 heteroatoms. The highest BCUT2D eigenvalue weighted by Crippen LogP contribution is 2.31. The van der Waals surface area contributed by atoms with Gasteiger partial charge < -0.3 is 5.11 Å². The van der Waals surface area contributed by atoms with Gasteiger partial charge in [-0.15, -0.1) is 0 Å². The second kappa shape index (κ2) is 5.55. The van der Waals surface area contributed by atoms with Crippen molar-refractivity contribution in [3.8, 4) is 0 Å². The van der Waals surface area contributed by atoms with Gasteiger partial charge in [0, 0.05) is 13.4 Å². The van der Waals surface area contributed by atoms with E-state index in [4.69, 9.17) is 5.11 Å². The fraction of sp³-hybridized carbons (Fsp3) is 0. The zero-order valence-electron chi connectivity index (χ0n) is 8.76. The third-order valence-corrected chi connectivity index (χ3v) is 3.88. The lowest BCUT2D eigenvalue weighted by Gasteiger charge is -2.05. The maximum atomic E-state index is 11.1. The molecule has 0 unspecified atom stereocenters. The molecule has 0 atom stereocenters. The first-order valence-electron chi connectivity index (χ1n) is 4.92. The minimum atomic E-state index is -0.890. The number of benzene rings is 2. The number of carboxylic acids is 1. The van der Waals surface area contributed by atoms with E-state index in [9.17, 15) is 4.79 Å². The van der Waals surface area contributed by atoms with Gasteiger partial charge in [0.25, 0.3) is 0 Å². The Labute approximate surface area is 117 Å². The Morgan fingerprint density at radius 2 is 1.88 bits per heavy atom. The standard InChI is InChI=1S/C13H9IO2S/c14-9-4-3-5-10(8-9)17-12-7-2-1-6-11(12)13(15)16/h1-8H,(H,15,16). The van der Waals surface area contributed by atoms with E-state index in [1.807, 2.05) is 36.4 Å². The van der Waals surface area contributed by atoms with Crippen LogP contribution in [0.25, 0.3) is 0 Å². The lowest BCUT2D eigenvalue weighted by atomic mass is 10.2. The van der Waals surface area contributed by atoms with Gasteiger partial charge in [-0.2, -0.15) is 0 Å². The third-order valence-electron chi connectivity index (χ3n) is 2.14. The van der Waals surface area contributed by atoms with E-state index in [-0.39, 0.29) is 0 Å². The number of rotatable bonds is 3. The van der Waals surface area contributed by atoms with Gasteiger partial charge in [-0.05, 0) is 52.9 Å². The van der Waals surface area contributed by atoms with E-state index >= 15 is 0 Å². The number of halogens is 1. The van der Waals surface area contributed by atoms with E-state index in [2.05, 4.69) is 22.6 Å². The van der Waals surface area contributed by atoms with Crippen LogP contribution in [-0.2, 0) is 0 Å². The summed E-state index contributed by atoms with van der Waals surface area (Å²) < 4.78 is 1.14. The summed E-state index contributed by atoms with van der Waals surface area (Å²) in [6.07, 6.45) is 0. The molecule has 0 heterocycles. The van der Waals surface area contributed by atoms with E-state index in [1.165, 1.54) is 11.8 Å². The molecule has 2 rings (SSSR count). The van der Waals surface area contributed by atoms with Gasteiger partial charge in [0.05, 0.1) is 5.56 Å². The zero-order valence-corrected chi connectivity index (χ0v) is 11.7. The SMILES string of the molecule is O=C(O)c1ccccc1Sc1cccc(I)c1. The van der Waals surface area contributed by atoms with Crippen molar-refractivity contribution >= 4 is 40.3 Å². The van der Waals surface area contributed by atoms with Crippen LogP contribution in [0.4, 0.5) is 0 Å². The second-order valence-electron chi connectivity index (χ2n) is 3.36. The van der Waals surface area contributed by atoms with Crippen molar-refractivity contribution < 1.29 is 9.90 Å². The van der Waals surface area contributed by atoms with Crippen LogP contribution >= 0.6 is 34.4 Å². The number of aromatic carboxylic acids is 1. The maximum Gasteiger partial charge on any atom is 0.336 e. The lowest BCUT2D eigenvalue weighted by molar-refractivity contribution is 0.0693. The summed E-state index contributed by atoms with van der Waals surface area (Å²) in [6.45, 7) is 0. The molecule has 2 aromatic carbocycles. The average molecular weight is 356 g/mol. The van der Waals surface area contributed by atoms with Crippen LogP contribution in [0.15, 0.2) is 58.3 Å². The third kappa shape index (κ3) is 3.23. The normalized spacial score (nSPS) is 10.2. The monoisotopic (exact) mass is 356 g/mol. The van der Waals surface area contributed by atoms with Crippen LogP contribution in [0.3, 0.4) is 0 Å². The fourth-order valence-corrected chi connectivity index (χ4v) is 3.14. The van der Waals surface area contributed by atoms with Gasteiger partial charge in [0.1, 0.15) is 0 Å². The second-order valence-corrected chi connectivity index (χ2v) is 5.72. The summed E-state index contributed by atoms with van der Waals surface area (Å²) in [4.78, 5) is 12.9. The van der Waals surface area contributed by atoms with Gasteiger partial charge >= 0.3 is 5.97 Å². The molecule has 0 aliphatic rings. The van der Waals surface area contributed by atoms with Crippen LogP contribution in [0.1, 0.15) is 10.4 Å². The molecule has 0 aromatic heterocycles. The van der Waals surface area contributed by atoms with Gasteiger partial charge in [0.2, 0.25) is 0 Å². The smallest absolute Gasteiger partial charge is 0.336 e. The van der Waals surface area contributed by atoms with Crippen molar-refractivity contribution in [2.45, 2.75) is 9.79 Å². The number of hydrogen-bond donors (Lipinski definition) is 1. The predicted octanol–water partition coefficient (Wildman–Crippen LogP) is 4.14. The number of carboxylic acid groups (broad SMARTS) is 1. The van der Waals surface area contributed by atoms with Crippen LogP contribution in [0, 0.1) is 3.57 Å². The summed E-state index contributed by atoms with van der Waals surface area (Å²) in [6, 6.07) is 15.0. The Balaban J connectivity index is 2.33. The molecule has 0 amide bonds. The predicted molar refractivity (Wildman–Crippen MR) is 76.7 cm³/mol. The molecular weight excluding hydrogens is 347 g/mol. The van der Waals surface area contributed by atoms with Crippen molar-refractivity contribution in [2.24, 2.45) is 0 Å². The fourth-order valence-electron chi connectivity index (χ4n) is 1.39. The van der Waals surface area contributed by atoms with Crippen LogP contribution in [0.5, 0.6) is 0 Å². The molecular formula is C13H9IO2S. The van der Waals surface area contributed by atoms with Crippen LogP contribution < -0.4 is 0 Å². The molecule has 0 aliphatic heterocycles. The minimum absolute atomic E-state index is 0.344. The van der Waals surface area contributed by atoms with E-state index in [1.54, 1.807) is 12.1 Å². The molecule has 0 saturated heterocycles. The van der Waals surface area contributed by atoms with Crippen molar-refractivity contribution in [1.82, 2.24) is 0 Å². The Morgan fingerprint density at radius 1 is 1.12 bits per heavy atom. The molecule has 2 nitrogen and oxygen atoms in total. The molecule has 0 aliphatic carbocycles. The summed E-state index contributed by atoms with van der Waals surface area (Å²) in [5.74, 6) is -0.890. The molecule has 0 bridgehead atoms. The van der Waals surface area contributed by atoms with Crippen molar-refractivity contribution in [2.75, 3.05) is 0 Å². The lowest BCUT2D eigenvalue weighted by Crippen LogP contribution is -1.97. The Bertz CT molecular complexity index is 555. The highest BCUT2D eigenvalue weighted by atomic mass is 127. The van der Waals surface area contributed by atoms with Crippen molar-refractivity contribution in [3.05, 3.63) is 57.7 Å². The van der Waals surface area contributed by atoms with Gasteiger partial charge in [-0.25, -0.2) is 4.79 Å².